The summed E-state index contributed by atoms with van der Waals surface area (Å²) in [5, 5.41) is 7.34. The molecule has 1 unspecified atom stereocenters. The second-order valence-electron chi connectivity index (χ2n) is 7.37. The number of amides is 1. The van der Waals surface area contributed by atoms with Crippen LogP contribution >= 0.6 is 23.2 Å². The fraction of sp³-hybridized carbons (Fsp3) is 0.174. The molecule has 1 aliphatic heterocycles. The van der Waals surface area contributed by atoms with Crippen LogP contribution in [-0.4, -0.2) is 30.6 Å². The van der Waals surface area contributed by atoms with Gasteiger partial charge in [-0.2, -0.15) is 13.2 Å². The summed E-state index contributed by atoms with van der Waals surface area (Å²) in [5.41, 5.74) is -2.31. The Bertz CT molecular complexity index is 1270. The Morgan fingerprint density at radius 3 is 2.39 bits per heavy atom. The highest BCUT2D eigenvalue weighted by molar-refractivity contribution is 6.34. The lowest BCUT2D eigenvalue weighted by Crippen LogP contribution is -2.42. The van der Waals surface area contributed by atoms with E-state index in [9.17, 15) is 22.8 Å². The first-order valence-electron chi connectivity index (χ1n) is 9.68. The van der Waals surface area contributed by atoms with Gasteiger partial charge in [0.25, 0.3) is 11.5 Å². The van der Waals surface area contributed by atoms with Crippen molar-refractivity contribution in [2.24, 2.45) is 5.16 Å². The summed E-state index contributed by atoms with van der Waals surface area (Å²) in [6.45, 7) is -0.161. The predicted molar refractivity (Wildman–Crippen MR) is 119 cm³/mol. The molecule has 170 valence electrons. The number of nitrogens with one attached hydrogen (secondary N) is 1. The lowest BCUT2D eigenvalue weighted by Gasteiger charge is -2.29. The van der Waals surface area contributed by atoms with Crippen LogP contribution in [0.25, 0.3) is 10.8 Å². The number of alkyl halides is 3. The van der Waals surface area contributed by atoms with Crippen LogP contribution in [-0.2, 0) is 15.2 Å². The van der Waals surface area contributed by atoms with E-state index >= 15 is 0 Å². The number of hydrogen-bond donors (Lipinski definition) is 1. The summed E-state index contributed by atoms with van der Waals surface area (Å²) in [6.07, 6.45) is -4.89. The molecule has 10 heteroatoms. The SMILES string of the molecule is O=CCNC(=O)c1ccc(C2=NOC(c3cc(Cl)cc(Cl)c3)(C(F)(F)F)C2)c2ccccc12. The Balaban J connectivity index is 1.79. The van der Waals surface area contributed by atoms with Gasteiger partial charge in [-0.3, -0.25) is 4.79 Å². The molecule has 4 rings (SSSR count). The average molecular weight is 495 g/mol. The van der Waals surface area contributed by atoms with Gasteiger partial charge in [-0.05, 0) is 35.0 Å². The lowest BCUT2D eigenvalue weighted by atomic mass is 9.85. The monoisotopic (exact) mass is 494 g/mol. The second kappa shape index (κ2) is 8.68. The average Bonchev–Trinajstić information content (AvgIpc) is 3.23. The molecule has 0 saturated heterocycles. The van der Waals surface area contributed by atoms with Crippen molar-refractivity contribution in [1.82, 2.24) is 5.32 Å². The number of fused-ring (bicyclic) bond motifs is 1. The normalized spacial score (nSPS) is 18.0. The van der Waals surface area contributed by atoms with Crippen molar-refractivity contribution in [3.8, 4) is 0 Å². The first-order valence-corrected chi connectivity index (χ1v) is 10.4. The molecule has 1 aliphatic rings. The number of rotatable bonds is 5. The predicted octanol–water partition coefficient (Wildman–Crippen LogP) is 5.66. The van der Waals surface area contributed by atoms with Crippen LogP contribution in [0.4, 0.5) is 13.2 Å². The standard InChI is InChI=1S/C23H15Cl2F3N2O3/c24-14-9-13(10-15(25)11-14)22(23(26,27)28)12-20(30-33-22)18-5-6-19(21(32)29-7-8-31)17-4-2-1-3-16(17)18/h1-6,8-11H,7,12H2,(H,29,32). The smallest absolute Gasteiger partial charge is 0.374 e. The summed E-state index contributed by atoms with van der Waals surface area (Å²) >= 11 is 11.9. The van der Waals surface area contributed by atoms with E-state index in [0.717, 1.165) is 12.1 Å². The number of aldehydes is 1. The zero-order chi connectivity index (χ0) is 23.8. The molecule has 3 aromatic rings. The third-order valence-corrected chi connectivity index (χ3v) is 5.78. The number of hydrogen-bond acceptors (Lipinski definition) is 4. The van der Waals surface area contributed by atoms with Gasteiger partial charge in [0, 0.05) is 33.2 Å². The van der Waals surface area contributed by atoms with Crippen LogP contribution in [0, 0.1) is 0 Å². The van der Waals surface area contributed by atoms with Gasteiger partial charge >= 0.3 is 6.18 Å². The molecule has 3 aromatic carbocycles. The van der Waals surface area contributed by atoms with Crippen molar-refractivity contribution in [2.45, 2.75) is 18.2 Å². The minimum absolute atomic E-state index is 0.0364. The number of halogens is 5. The minimum Gasteiger partial charge on any atom is -0.374 e. The van der Waals surface area contributed by atoms with Crippen LogP contribution in [0.5, 0.6) is 0 Å². The highest BCUT2D eigenvalue weighted by atomic mass is 35.5. The maximum atomic E-state index is 14.3. The topological polar surface area (TPSA) is 67.8 Å². The Morgan fingerprint density at radius 2 is 1.76 bits per heavy atom. The molecule has 0 aliphatic carbocycles. The molecular weight excluding hydrogens is 480 g/mol. The maximum Gasteiger partial charge on any atom is 0.435 e. The fourth-order valence-electron chi connectivity index (χ4n) is 3.81. The largest absolute Gasteiger partial charge is 0.435 e. The van der Waals surface area contributed by atoms with Gasteiger partial charge in [-0.15, -0.1) is 0 Å². The highest BCUT2D eigenvalue weighted by Crippen LogP contribution is 2.50. The van der Waals surface area contributed by atoms with Crippen LogP contribution in [0.2, 0.25) is 10.0 Å². The van der Waals surface area contributed by atoms with E-state index in [4.69, 9.17) is 28.0 Å². The molecular formula is C23H15Cl2F3N2O3. The van der Waals surface area contributed by atoms with Crippen molar-refractivity contribution in [3.63, 3.8) is 0 Å². The molecule has 1 N–H and O–H groups in total. The third-order valence-electron chi connectivity index (χ3n) is 5.34. The molecule has 33 heavy (non-hydrogen) atoms. The van der Waals surface area contributed by atoms with Crippen LogP contribution in [0.3, 0.4) is 0 Å². The van der Waals surface area contributed by atoms with Gasteiger partial charge in [0.05, 0.1) is 12.3 Å². The highest BCUT2D eigenvalue weighted by Gasteiger charge is 2.62. The Hall–Kier alpha value is -3.10. The van der Waals surface area contributed by atoms with Crippen molar-refractivity contribution < 1.29 is 27.6 Å². The molecule has 0 fully saturated rings. The van der Waals surface area contributed by atoms with Gasteiger partial charge in [0.1, 0.15) is 6.29 Å². The molecule has 5 nitrogen and oxygen atoms in total. The van der Waals surface area contributed by atoms with Crippen molar-refractivity contribution >= 4 is 51.9 Å². The number of carbonyl (C=O) groups excluding carboxylic acids is 2. The van der Waals surface area contributed by atoms with E-state index < -0.39 is 24.1 Å². The molecule has 1 atom stereocenters. The second-order valence-corrected chi connectivity index (χ2v) is 8.24. The number of benzene rings is 3. The van der Waals surface area contributed by atoms with Crippen molar-refractivity contribution in [1.29, 1.82) is 0 Å². The molecule has 0 saturated carbocycles. The number of nitrogens with zero attached hydrogens (tertiary/aromatic N) is 1. The van der Waals surface area contributed by atoms with Gasteiger partial charge in [0.15, 0.2) is 0 Å². The zero-order valence-electron chi connectivity index (χ0n) is 16.7. The summed E-state index contributed by atoms with van der Waals surface area (Å²) in [6, 6.07) is 13.4. The Labute approximate surface area is 196 Å². The molecule has 1 amide bonds. The van der Waals surface area contributed by atoms with Gasteiger partial charge < -0.3 is 14.9 Å². The fourth-order valence-corrected chi connectivity index (χ4v) is 4.34. The van der Waals surface area contributed by atoms with E-state index in [0.29, 0.717) is 22.6 Å². The van der Waals surface area contributed by atoms with E-state index in [-0.39, 0.29) is 33.4 Å². The van der Waals surface area contributed by atoms with Crippen LogP contribution < -0.4 is 5.32 Å². The van der Waals surface area contributed by atoms with E-state index in [1.165, 1.54) is 18.2 Å². The van der Waals surface area contributed by atoms with Gasteiger partial charge in [-0.25, -0.2) is 0 Å². The zero-order valence-corrected chi connectivity index (χ0v) is 18.3. The molecule has 0 bridgehead atoms. The summed E-state index contributed by atoms with van der Waals surface area (Å²) < 4.78 is 42.9. The number of carbonyl (C=O) groups is 2. The van der Waals surface area contributed by atoms with Crippen LogP contribution in [0.1, 0.15) is 27.9 Å². The van der Waals surface area contributed by atoms with Crippen molar-refractivity contribution in [3.05, 3.63) is 81.3 Å². The number of oxime groups is 1. The maximum absolute atomic E-state index is 14.3. The minimum atomic E-state index is -4.82. The Kier molecular flexibility index (Phi) is 6.07. The Morgan fingerprint density at radius 1 is 1.09 bits per heavy atom. The summed E-state index contributed by atoms with van der Waals surface area (Å²) in [4.78, 5) is 28.1. The van der Waals surface area contributed by atoms with E-state index in [1.54, 1.807) is 24.3 Å². The third kappa shape index (κ3) is 4.16. The van der Waals surface area contributed by atoms with Gasteiger partial charge in [-0.1, -0.05) is 58.7 Å². The molecule has 0 aromatic heterocycles. The van der Waals surface area contributed by atoms with E-state index in [1.807, 2.05) is 0 Å². The molecule has 1 heterocycles. The summed E-state index contributed by atoms with van der Waals surface area (Å²) in [5.74, 6) is -0.479. The van der Waals surface area contributed by atoms with Crippen LogP contribution in [0.15, 0.2) is 59.8 Å². The first-order chi connectivity index (χ1) is 15.7. The summed E-state index contributed by atoms with van der Waals surface area (Å²) in [7, 11) is 0. The quantitative estimate of drug-likeness (QED) is 0.465. The van der Waals surface area contributed by atoms with E-state index in [2.05, 4.69) is 10.5 Å². The molecule has 0 spiro atoms. The van der Waals surface area contributed by atoms with Gasteiger partial charge in [0.2, 0.25) is 0 Å². The molecule has 0 radical (unpaired) electrons. The van der Waals surface area contributed by atoms with Crippen molar-refractivity contribution in [2.75, 3.05) is 6.54 Å². The first kappa shape index (κ1) is 23.1. The lowest BCUT2D eigenvalue weighted by molar-refractivity contribution is -0.275.